The van der Waals surface area contributed by atoms with Crippen LogP contribution in [-0.4, -0.2) is 24.5 Å². The molecule has 0 amide bonds. The Bertz CT molecular complexity index is 6730. The standard InChI is InChI=1S/C106H64IN5.2U/c1-8-28-70(29-9-1)97-67-99(110-103(108-97)72-30-10-2-11-31-72)76-53-59-92-88(64-76)89-65-81(55-60-93(89)105(92,77-34-14-4-15-35-77)78-36-16-5-17-37-78)107-95-45-25-22-42-84(95)90-62-74(54-61-96(90)107)69-48-50-71(51-49-69)98-68-100(111-104(109-98)73-32-12-3-13-33-73)75-52-58-91-87(63-75)83-57-56-82(112-101-46-26-23-43-85(101)86-44-24-27-47-102(86)112)66-94(83)106(91,79-38-18-6-19-39-79)80-40-20-7-21-41-80;;/h1-34,36,38,40,42-68H;;/q-4;2*+2. The van der Waals surface area contributed by atoms with Gasteiger partial charge >= 0.3 is 466 Å². The van der Waals surface area contributed by atoms with E-state index in [-0.39, 0.29) is 62.2 Å². The molecule has 0 fully saturated rings. The van der Waals surface area contributed by atoms with Crippen LogP contribution in [0.5, 0.6) is 0 Å². The van der Waals surface area contributed by atoms with Crippen LogP contribution in [0.25, 0.3) is 140 Å². The average molecular weight is 2010 g/mol. The Hall–Kier alpha value is -11.7. The average Bonchev–Trinajstić information content (AvgIpc) is 1.53. The number of benzene rings is 16. The molecule has 1 aliphatic heterocycles. The minimum absolute atomic E-state index is 0. The van der Waals surface area contributed by atoms with Gasteiger partial charge in [-0.05, 0) is 52.6 Å². The molecule has 0 atom stereocenters. The third-order valence-corrected chi connectivity index (χ3v) is 29.1. The molecule has 0 saturated carbocycles. The third kappa shape index (κ3) is 11.6. The maximum absolute atomic E-state index is 5.45. The first-order valence-electron chi connectivity index (χ1n) is 38.0. The minimum atomic E-state index is -2.36. The first kappa shape index (κ1) is 71.4. The third-order valence-electron chi connectivity index (χ3n) is 23.0. The molecular formula is C106H64IN5U2. The van der Waals surface area contributed by atoms with E-state index < -0.39 is 30.6 Å². The second-order valence-electron chi connectivity index (χ2n) is 29.0. The summed E-state index contributed by atoms with van der Waals surface area (Å²) in [6.45, 7) is 0. The van der Waals surface area contributed by atoms with Crippen LogP contribution in [0.1, 0.15) is 44.5 Å². The number of rotatable bonds is 13. The van der Waals surface area contributed by atoms with Crippen molar-refractivity contribution in [3.63, 3.8) is 0 Å². The molecule has 22 rings (SSSR count). The van der Waals surface area contributed by atoms with E-state index in [9.17, 15) is 0 Å². The number of halogens is 1. The monoisotopic (exact) mass is 2010 g/mol. The van der Waals surface area contributed by atoms with Crippen molar-refractivity contribution >= 4 is 41.6 Å². The molecule has 5 nitrogen and oxygen atoms in total. The zero-order valence-corrected chi connectivity index (χ0v) is 72.0. The summed E-state index contributed by atoms with van der Waals surface area (Å²) in [6.07, 6.45) is 0. The second kappa shape index (κ2) is 29.4. The van der Waals surface area contributed by atoms with E-state index in [4.69, 9.17) is 19.9 Å². The summed E-state index contributed by atoms with van der Waals surface area (Å²) < 4.78 is 6.68. The van der Waals surface area contributed by atoms with Gasteiger partial charge in [-0.25, -0.2) is 0 Å². The zero-order chi connectivity index (χ0) is 73.9. The quantitative estimate of drug-likeness (QED) is 0.0853. The fourth-order valence-corrected chi connectivity index (χ4v) is 24.3. The van der Waals surface area contributed by atoms with E-state index >= 15 is 0 Å². The second-order valence-corrected chi connectivity index (χ2v) is 34.2. The summed E-state index contributed by atoms with van der Waals surface area (Å²) in [5.41, 5.74) is 30.0. The Kier molecular flexibility index (Phi) is 18.4. The molecule has 16 aromatic carbocycles. The SMILES string of the molecule is [U+2].[U+2].[c-]1ccccc1C1(c2[c-]cccc2)c2ccc(-c3cc(-c4ccccc4)nc(-c4ccccc4)n3)cc2-c2cc(I3c4ccccc4-c4cc(-c5ccc(-c6cc(-c7ccc8c(c7)-c7ccc(-n9c%10ccccc%10c%10ccccc%109)cc7C8(c7[c-]cccc7)c7[c-]cccc7)nc(-c7ccccc7)n6)cc5)ccc43)ccc21. The predicted molar refractivity (Wildman–Crippen MR) is 462 cm³/mol. The van der Waals surface area contributed by atoms with Gasteiger partial charge in [0.1, 0.15) is 0 Å². The predicted octanol–water partition coefficient (Wildman–Crippen LogP) is 25.4. The van der Waals surface area contributed by atoms with Gasteiger partial charge in [0.25, 0.3) is 0 Å². The van der Waals surface area contributed by atoms with Crippen molar-refractivity contribution in [1.82, 2.24) is 24.5 Å². The van der Waals surface area contributed by atoms with Crippen molar-refractivity contribution in [2.24, 2.45) is 0 Å². The van der Waals surface area contributed by atoms with Crippen molar-refractivity contribution in [2.75, 3.05) is 0 Å². The van der Waals surface area contributed by atoms with Gasteiger partial charge in [-0.2, -0.15) is 60.7 Å². The molecule has 0 spiro atoms. The van der Waals surface area contributed by atoms with Crippen molar-refractivity contribution in [3.05, 3.63) is 468 Å². The number of aromatic nitrogens is 5. The van der Waals surface area contributed by atoms with Gasteiger partial charge in [0.15, 0.2) is 0 Å². The Morgan fingerprint density at radius 1 is 0.246 bits per heavy atom. The van der Waals surface area contributed by atoms with Gasteiger partial charge in [0, 0.05) is 21.9 Å². The van der Waals surface area contributed by atoms with E-state index in [2.05, 4.69) is 375 Å². The summed E-state index contributed by atoms with van der Waals surface area (Å²) >= 11 is -2.36. The summed E-state index contributed by atoms with van der Waals surface area (Å²) in [5, 5.41) is 2.45. The van der Waals surface area contributed by atoms with Crippen LogP contribution in [0.4, 0.5) is 0 Å². The van der Waals surface area contributed by atoms with Crippen molar-refractivity contribution in [3.8, 4) is 118 Å². The molecule has 528 valence electrons. The molecule has 0 saturated heterocycles. The summed E-state index contributed by atoms with van der Waals surface area (Å²) in [4.78, 5) is 21.4. The van der Waals surface area contributed by atoms with Crippen LogP contribution < -0.4 is 0 Å². The van der Waals surface area contributed by atoms with E-state index in [0.29, 0.717) is 11.6 Å². The Morgan fingerprint density at radius 3 is 1.15 bits per heavy atom. The molecule has 0 bridgehead atoms. The van der Waals surface area contributed by atoms with Crippen molar-refractivity contribution in [1.29, 1.82) is 0 Å². The van der Waals surface area contributed by atoms with E-state index in [0.717, 1.165) is 106 Å². The molecule has 0 unspecified atom stereocenters. The van der Waals surface area contributed by atoms with Gasteiger partial charge in [-0.1, -0.05) is 97.1 Å². The van der Waals surface area contributed by atoms with Crippen LogP contribution in [0.15, 0.2) is 388 Å². The zero-order valence-electron chi connectivity index (χ0n) is 61.6. The van der Waals surface area contributed by atoms with Crippen LogP contribution in [0.3, 0.4) is 0 Å². The molecule has 8 heteroatoms. The van der Waals surface area contributed by atoms with E-state index in [1.807, 2.05) is 42.5 Å². The Balaban J connectivity index is 0.00000421. The number of nitrogens with zero attached hydrogens (tertiary/aromatic N) is 5. The normalized spacial score (nSPS) is 13.2. The van der Waals surface area contributed by atoms with Gasteiger partial charge in [0.2, 0.25) is 0 Å². The number of fused-ring (bicyclic) bond motifs is 12. The topological polar surface area (TPSA) is 56.5 Å². The molecule has 19 aromatic rings. The molecule has 3 aliphatic rings. The number of hydrogen-bond donors (Lipinski definition) is 0. The van der Waals surface area contributed by atoms with Crippen LogP contribution >= 0.6 is 19.8 Å². The maximum atomic E-state index is 5.45. The van der Waals surface area contributed by atoms with E-state index in [1.54, 1.807) is 0 Å². The summed E-state index contributed by atoms with van der Waals surface area (Å²) in [6, 6.07) is 156. The first-order valence-corrected chi connectivity index (χ1v) is 41.2. The number of hydrogen-bond acceptors (Lipinski definition) is 4. The van der Waals surface area contributed by atoms with Gasteiger partial charge in [-0.3, -0.25) is 0 Å². The Morgan fingerprint density at radius 2 is 0.632 bits per heavy atom. The van der Waals surface area contributed by atoms with Crippen LogP contribution in [-0.2, 0) is 10.8 Å². The van der Waals surface area contributed by atoms with Crippen molar-refractivity contribution < 1.29 is 62.2 Å². The van der Waals surface area contributed by atoms with Crippen LogP contribution in [0.2, 0.25) is 0 Å². The molecule has 114 heavy (non-hydrogen) atoms. The molecule has 3 aromatic heterocycles. The van der Waals surface area contributed by atoms with Crippen molar-refractivity contribution in [2.45, 2.75) is 10.8 Å². The van der Waals surface area contributed by atoms with Gasteiger partial charge < -0.3 is 4.57 Å². The fraction of sp³-hybridized carbons (Fsp3) is 0.0189. The fourth-order valence-electron chi connectivity index (χ4n) is 18.0. The first-order chi connectivity index (χ1) is 55.5. The Labute approximate surface area is 717 Å². The molecule has 0 N–H and O–H groups in total. The molecule has 2 aliphatic carbocycles. The summed E-state index contributed by atoms with van der Waals surface area (Å²) in [5.74, 6) is 1.35. The molecular weight excluding hydrogens is 1950 g/mol. The number of para-hydroxylation sites is 2. The molecule has 0 radical (unpaired) electrons. The summed E-state index contributed by atoms with van der Waals surface area (Å²) in [7, 11) is 0. The van der Waals surface area contributed by atoms with Gasteiger partial charge in [-0.15, -0.1) is 11.1 Å². The molecule has 4 heterocycles. The van der Waals surface area contributed by atoms with E-state index in [1.165, 1.54) is 77.0 Å². The van der Waals surface area contributed by atoms with Gasteiger partial charge in [0.05, 0.1) is 11.0 Å². The van der Waals surface area contributed by atoms with Crippen LogP contribution in [0, 0.1) is 97.2 Å².